The van der Waals surface area contributed by atoms with E-state index in [2.05, 4.69) is 12.2 Å². The summed E-state index contributed by atoms with van der Waals surface area (Å²) in [4.78, 5) is 15.0. The smallest absolute Gasteiger partial charge is 0.265 e. The first-order valence-electron chi connectivity index (χ1n) is 6.48. The van der Waals surface area contributed by atoms with Gasteiger partial charge >= 0.3 is 0 Å². The summed E-state index contributed by atoms with van der Waals surface area (Å²) >= 11 is 7.47. The van der Waals surface area contributed by atoms with E-state index in [1.54, 1.807) is 6.07 Å². The zero-order valence-corrected chi connectivity index (χ0v) is 12.2. The molecule has 18 heavy (non-hydrogen) atoms. The fourth-order valence-electron chi connectivity index (χ4n) is 2.31. The summed E-state index contributed by atoms with van der Waals surface area (Å²) < 4.78 is 0. The SMILES string of the molecule is CCCN(CC1CCCN1)C(=O)c1sccc1Cl. The third-order valence-corrected chi connectivity index (χ3v) is 4.52. The van der Waals surface area contributed by atoms with Gasteiger partial charge in [0.1, 0.15) is 4.88 Å². The van der Waals surface area contributed by atoms with Crippen LogP contribution in [0.1, 0.15) is 35.9 Å². The largest absolute Gasteiger partial charge is 0.336 e. The van der Waals surface area contributed by atoms with E-state index in [4.69, 9.17) is 11.6 Å². The molecule has 1 saturated heterocycles. The van der Waals surface area contributed by atoms with Gasteiger partial charge in [0.2, 0.25) is 0 Å². The fourth-order valence-corrected chi connectivity index (χ4v) is 3.42. The highest BCUT2D eigenvalue weighted by atomic mass is 35.5. The molecule has 1 N–H and O–H groups in total. The molecule has 1 aliphatic heterocycles. The lowest BCUT2D eigenvalue weighted by Crippen LogP contribution is -2.41. The number of halogens is 1. The highest BCUT2D eigenvalue weighted by Gasteiger charge is 2.23. The van der Waals surface area contributed by atoms with Crippen molar-refractivity contribution in [1.29, 1.82) is 0 Å². The predicted octanol–water partition coefficient (Wildman–Crippen LogP) is 3.01. The zero-order chi connectivity index (χ0) is 13.0. The molecule has 3 nitrogen and oxygen atoms in total. The Morgan fingerprint density at radius 1 is 1.67 bits per heavy atom. The highest BCUT2D eigenvalue weighted by Crippen LogP contribution is 2.24. The van der Waals surface area contributed by atoms with Gasteiger partial charge in [0.15, 0.2) is 0 Å². The van der Waals surface area contributed by atoms with Crippen LogP contribution in [0.4, 0.5) is 0 Å². The summed E-state index contributed by atoms with van der Waals surface area (Å²) in [5.74, 6) is 0.0746. The topological polar surface area (TPSA) is 32.3 Å². The van der Waals surface area contributed by atoms with Crippen LogP contribution >= 0.6 is 22.9 Å². The van der Waals surface area contributed by atoms with Crippen LogP contribution in [0.5, 0.6) is 0 Å². The number of thiophene rings is 1. The molecule has 0 aliphatic carbocycles. The number of nitrogens with one attached hydrogen (secondary N) is 1. The van der Waals surface area contributed by atoms with Gasteiger partial charge in [0.05, 0.1) is 5.02 Å². The van der Waals surface area contributed by atoms with E-state index in [0.29, 0.717) is 15.9 Å². The standard InChI is InChI=1S/C13H19ClN2OS/c1-2-7-16(9-10-4-3-6-15-10)13(17)12-11(14)5-8-18-12/h5,8,10,15H,2-4,6-7,9H2,1H3. The molecule has 0 radical (unpaired) electrons. The van der Waals surface area contributed by atoms with Crippen molar-refractivity contribution in [1.82, 2.24) is 10.2 Å². The Morgan fingerprint density at radius 3 is 3.06 bits per heavy atom. The quantitative estimate of drug-likeness (QED) is 0.902. The van der Waals surface area contributed by atoms with Gasteiger partial charge in [-0.2, -0.15) is 0 Å². The molecule has 0 aromatic carbocycles. The van der Waals surface area contributed by atoms with Crippen LogP contribution in [0.15, 0.2) is 11.4 Å². The minimum absolute atomic E-state index is 0.0746. The minimum atomic E-state index is 0.0746. The molecule has 1 aromatic rings. The molecule has 2 rings (SSSR count). The van der Waals surface area contributed by atoms with Crippen LogP contribution in [0.3, 0.4) is 0 Å². The average molecular weight is 287 g/mol. The highest BCUT2D eigenvalue weighted by molar-refractivity contribution is 7.12. The van der Waals surface area contributed by atoms with Crippen molar-refractivity contribution in [2.75, 3.05) is 19.6 Å². The number of hydrogen-bond donors (Lipinski definition) is 1. The summed E-state index contributed by atoms with van der Waals surface area (Å²) in [6.45, 7) is 4.75. The lowest BCUT2D eigenvalue weighted by atomic mass is 10.2. The van der Waals surface area contributed by atoms with Crippen LogP contribution < -0.4 is 5.32 Å². The van der Waals surface area contributed by atoms with Gasteiger partial charge in [-0.3, -0.25) is 4.79 Å². The summed E-state index contributed by atoms with van der Waals surface area (Å²) in [5.41, 5.74) is 0. The number of hydrogen-bond acceptors (Lipinski definition) is 3. The van der Waals surface area contributed by atoms with Gasteiger partial charge in [0, 0.05) is 19.1 Å². The van der Waals surface area contributed by atoms with E-state index in [0.717, 1.165) is 32.5 Å². The molecule has 100 valence electrons. The molecule has 5 heteroatoms. The second-order valence-electron chi connectivity index (χ2n) is 4.64. The Kier molecular flexibility index (Phi) is 5.03. The van der Waals surface area contributed by atoms with Gasteiger partial charge in [-0.25, -0.2) is 0 Å². The van der Waals surface area contributed by atoms with E-state index in [9.17, 15) is 4.79 Å². The van der Waals surface area contributed by atoms with Crippen molar-refractivity contribution in [2.45, 2.75) is 32.2 Å². The number of carbonyl (C=O) groups excluding carboxylic acids is 1. The number of rotatable bonds is 5. The molecule has 0 bridgehead atoms. The van der Waals surface area contributed by atoms with Gasteiger partial charge in [-0.15, -0.1) is 11.3 Å². The predicted molar refractivity (Wildman–Crippen MR) is 76.5 cm³/mol. The summed E-state index contributed by atoms with van der Waals surface area (Å²) in [6, 6.07) is 2.23. The van der Waals surface area contributed by atoms with E-state index < -0.39 is 0 Å². The normalized spacial score (nSPS) is 19.1. The maximum atomic E-state index is 12.4. The molecule has 0 spiro atoms. The first-order valence-corrected chi connectivity index (χ1v) is 7.73. The molecule has 1 fully saturated rings. The molecule has 1 unspecified atom stereocenters. The maximum absolute atomic E-state index is 12.4. The van der Waals surface area contributed by atoms with Gasteiger partial charge in [-0.1, -0.05) is 18.5 Å². The number of carbonyl (C=O) groups is 1. The van der Waals surface area contributed by atoms with Gasteiger partial charge in [0.25, 0.3) is 5.91 Å². The number of amides is 1. The summed E-state index contributed by atoms with van der Waals surface area (Å²) in [7, 11) is 0. The Balaban J connectivity index is 2.04. The monoisotopic (exact) mass is 286 g/mol. The molecule has 2 heterocycles. The molecule has 1 aliphatic rings. The van der Waals surface area contributed by atoms with Crippen molar-refractivity contribution in [3.8, 4) is 0 Å². The third kappa shape index (κ3) is 3.25. The van der Waals surface area contributed by atoms with Crippen LogP contribution in [-0.2, 0) is 0 Å². The van der Waals surface area contributed by atoms with E-state index in [1.807, 2.05) is 10.3 Å². The lowest BCUT2D eigenvalue weighted by Gasteiger charge is -2.25. The lowest BCUT2D eigenvalue weighted by molar-refractivity contribution is 0.0747. The van der Waals surface area contributed by atoms with Crippen LogP contribution in [-0.4, -0.2) is 36.5 Å². The molecule has 0 saturated carbocycles. The van der Waals surface area contributed by atoms with Crippen molar-refractivity contribution in [3.05, 3.63) is 21.3 Å². The summed E-state index contributed by atoms with van der Waals surface area (Å²) in [5, 5.41) is 5.88. The first-order chi connectivity index (χ1) is 8.72. The Morgan fingerprint density at radius 2 is 2.50 bits per heavy atom. The second kappa shape index (κ2) is 6.55. The van der Waals surface area contributed by atoms with E-state index in [1.165, 1.54) is 17.8 Å². The van der Waals surface area contributed by atoms with E-state index in [-0.39, 0.29) is 5.91 Å². The average Bonchev–Trinajstić information content (AvgIpc) is 2.99. The van der Waals surface area contributed by atoms with E-state index >= 15 is 0 Å². The third-order valence-electron chi connectivity index (χ3n) is 3.20. The second-order valence-corrected chi connectivity index (χ2v) is 5.97. The Labute approximate surface area is 117 Å². The summed E-state index contributed by atoms with van der Waals surface area (Å²) in [6.07, 6.45) is 3.34. The zero-order valence-electron chi connectivity index (χ0n) is 10.6. The fraction of sp³-hybridized carbons (Fsp3) is 0.615. The van der Waals surface area contributed by atoms with Gasteiger partial charge in [-0.05, 0) is 37.3 Å². The van der Waals surface area contributed by atoms with Gasteiger partial charge < -0.3 is 10.2 Å². The molecular weight excluding hydrogens is 268 g/mol. The van der Waals surface area contributed by atoms with Crippen molar-refractivity contribution >= 4 is 28.8 Å². The van der Waals surface area contributed by atoms with Crippen molar-refractivity contribution in [3.63, 3.8) is 0 Å². The Bertz CT molecular complexity index is 401. The van der Waals surface area contributed by atoms with Crippen molar-refractivity contribution in [2.24, 2.45) is 0 Å². The molecule has 1 amide bonds. The minimum Gasteiger partial charge on any atom is -0.336 e. The molecule has 1 aromatic heterocycles. The molecule has 1 atom stereocenters. The Hall–Kier alpha value is -0.580. The van der Waals surface area contributed by atoms with Crippen molar-refractivity contribution < 1.29 is 4.79 Å². The first kappa shape index (κ1) is 13.8. The number of nitrogens with zero attached hydrogens (tertiary/aromatic N) is 1. The van der Waals surface area contributed by atoms with Crippen LogP contribution in [0.25, 0.3) is 0 Å². The maximum Gasteiger partial charge on any atom is 0.265 e. The van der Waals surface area contributed by atoms with Crippen LogP contribution in [0.2, 0.25) is 5.02 Å². The van der Waals surface area contributed by atoms with Crippen LogP contribution in [0, 0.1) is 0 Å². The molecular formula is C13H19ClN2OS.